The number of ketones is 2. The molecule has 4 aliphatic rings. The number of aliphatic hydroxyl groups is 3. The van der Waals surface area contributed by atoms with Crippen LogP contribution in [0.25, 0.3) is 0 Å². The molecule has 1 aromatic rings. The summed E-state index contributed by atoms with van der Waals surface area (Å²) >= 11 is 6.97. The molecule has 0 unspecified atom stereocenters. The van der Waals surface area contributed by atoms with Crippen LogP contribution in [0.1, 0.15) is 73.4 Å². The Bertz CT molecular complexity index is 1410. The number of hydrogen-bond donors (Lipinski definition) is 5. The van der Waals surface area contributed by atoms with Gasteiger partial charge in [-0.1, -0.05) is 44.2 Å². The van der Waals surface area contributed by atoms with Crippen molar-refractivity contribution in [3.8, 4) is 5.75 Å². The highest BCUT2D eigenvalue weighted by molar-refractivity contribution is 6.33. The molecule has 0 spiro atoms. The Morgan fingerprint density at radius 1 is 1.12 bits per heavy atom. The first-order valence-electron chi connectivity index (χ1n) is 15.2. The molecule has 1 aromatic carbocycles. The van der Waals surface area contributed by atoms with E-state index in [1.54, 1.807) is 14.1 Å². The van der Waals surface area contributed by atoms with Gasteiger partial charge in [0.05, 0.1) is 11.6 Å². The third-order valence-corrected chi connectivity index (χ3v) is 10.5. The minimum absolute atomic E-state index is 0.0237. The van der Waals surface area contributed by atoms with Crippen LogP contribution in [0.15, 0.2) is 28.7 Å². The van der Waals surface area contributed by atoms with Crippen LogP contribution in [0.4, 0.5) is 0 Å². The summed E-state index contributed by atoms with van der Waals surface area (Å²) < 4.78 is 0. The number of aliphatic hydroxyl groups excluding tert-OH is 2. The fraction of sp³-hybridized carbons (Fsp3) is 0.594. The second kappa shape index (κ2) is 11.9. The second-order valence-electron chi connectivity index (χ2n) is 12.9. The van der Waals surface area contributed by atoms with E-state index in [-0.39, 0.29) is 29.7 Å². The molecule has 0 heterocycles. The Hall–Kier alpha value is -2.92. The van der Waals surface area contributed by atoms with Gasteiger partial charge in [-0.15, -0.1) is 0 Å². The Labute approximate surface area is 256 Å². The number of nitrogens with zero attached hydrogens (tertiary/aromatic N) is 2. The van der Waals surface area contributed by atoms with Crippen molar-refractivity contribution >= 4 is 29.1 Å². The van der Waals surface area contributed by atoms with Crippen molar-refractivity contribution in [1.29, 1.82) is 0 Å². The van der Waals surface area contributed by atoms with Gasteiger partial charge < -0.3 is 26.2 Å². The maximum atomic E-state index is 13.9. The maximum Gasteiger partial charge on any atom is 0.255 e. The summed E-state index contributed by atoms with van der Waals surface area (Å²) in [6, 6.07) is 0.454. The van der Waals surface area contributed by atoms with E-state index in [4.69, 9.17) is 17.3 Å². The number of Topliss-reactive ketones (excluding diaryl/α,β-unsaturated/α-hetero) is 2. The Kier molecular flexibility index (Phi) is 8.70. The van der Waals surface area contributed by atoms with E-state index in [0.29, 0.717) is 28.6 Å². The lowest BCUT2D eigenvalue weighted by Crippen LogP contribution is -2.63. The van der Waals surface area contributed by atoms with Gasteiger partial charge in [-0.3, -0.25) is 24.2 Å². The van der Waals surface area contributed by atoms with Crippen molar-refractivity contribution in [2.75, 3.05) is 27.2 Å². The zero-order valence-corrected chi connectivity index (χ0v) is 25.8. The molecule has 0 aromatic heterocycles. The standard InChI is InChI=1S/C32H42ClN3O7/c1-4-36(14-16-9-7-5-6-8-10-16)15-18-13-21(37)23-19(25(18)33)11-17-12-20-26(35(2)3)28(39)24(31(34)42)30(41)32(20,43)29(40)22(17)27(23)38/h13,16-17,20,26,37,39-40,43H,4-12,14-15H2,1-3H3,(H2,34,42)/t17-,20-,26-,32-/m0/s1. The quantitative estimate of drug-likeness (QED) is 0.228. The number of phenols is 1. The van der Waals surface area contributed by atoms with E-state index in [2.05, 4.69) is 11.8 Å². The van der Waals surface area contributed by atoms with Crippen LogP contribution >= 0.6 is 11.6 Å². The van der Waals surface area contributed by atoms with Crippen LogP contribution in [0.3, 0.4) is 0 Å². The number of halogens is 1. The number of aromatic hydroxyl groups is 1. The molecule has 10 nitrogen and oxygen atoms in total. The van der Waals surface area contributed by atoms with Crippen LogP contribution in [0.5, 0.6) is 5.75 Å². The molecule has 1 fully saturated rings. The lowest BCUT2D eigenvalue weighted by atomic mass is 9.58. The molecule has 4 atom stereocenters. The minimum atomic E-state index is -2.66. The monoisotopic (exact) mass is 615 g/mol. The lowest BCUT2D eigenvalue weighted by Gasteiger charge is -2.50. The molecule has 1 amide bonds. The van der Waals surface area contributed by atoms with Gasteiger partial charge in [0, 0.05) is 29.6 Å². The number of likely N-dealkylation sites (N-methyl/N-ethyl adjacent to an activating group) is 1. The van der Waals surface area contributed by atoms with Crippen LogP contribution < -0.4 is 5.73 Å². The number of carbonyl (C=O) groups is 3. The SMILES string of the molecule is CCN(Cc1cc(O)c2c(c1Cl)C[C@H]1C[C@H]3[C@H](N(C)C)C(O)=C(C(N)=O)C(=O)[C@@]3(O)C(O)=C1C2=O)CC1CCCCCC1. The smallest absolute Gasteiger partial charge is 0.255 e. The topological polar surface area (TPSA) is 165 Å². The molecule has 6 N–H and O–H groups in total. The third-order valence-electron chi connectivity index (χ3n) is 10.1. The molecule has 43 heavy (non-hydrogen) atoms. The number of nitrogens with two attached hydrogens (primary N) is 1. The number of hydrogen-bond acceptors (Lipinski definition) is 9. The van der Waals surface area contributed by atoms with E-state index >= 15 is 0 Å². The van der Waals surface area contributed by atoms with Crippen LogP contribution in [-0.2, 0) is 22.6 Å². The van der Waals surface area contributed by atoms with Crippen LogP contribution in [-0.4, -0.2) is 86.5 Å². The van der Waals surface area contributed by atoms with Gasteiger partial charge in [0.1, 0.15) is 22.8 Å². The molecule has 11 heteroatoms. The van der Waals surface area contributed by atoms with Crippen molar-refractivity contribution in [3.63, 3.8) is 0 Å². The Morgan fingerprint density at radius 3 is 2.35 bits per heavy atom. The van der Waals surface area contributed by atoms with Gasteiger partial charge in [-0.25, -0.2) is 0 Å². The largest absolute Gasteiger partial charge is 0.510 e. The average molecular weight is 616 g/mol. The molecule has 1 saturated carbocycles. The number of benzene rings is 1. The van der Waals surface area contributed by atoms with Crippen LogP contribution in [0, 0.1) is 17.8 Å². The van der Waals surface area contributed by atoms with Gasteiger partial charge in [-0.05, 0) is 75.4 Å². The molecule has 4 aliphatic carbocycles. The molecule has 0 radical (unpaired) electrons. The summed E-state index contributed by atoms with van der Waals surface area (Å²) in [6.45, 7) is 4.33. The molecule has 0 bridgehead atoms. The highest BCUT2D eigenvalue weighted by atomic mass is 35.5. The number of carbonyl (C=O) groups excluding carboxylic acids is 3. The number of fused-ring (bicyclic) bond motifs is 3. The van der Waals surface area contributed by atoms with Crippen molar-refractivity contribution in [3.05, 3.63) is 50.4 Å². The van der Waals surface area contributed by atoms with Gasteiger partial charge >= 0.3 is 0 Å². The van der Waals surface area contributed by atoms with E-state index in [9.17, 15) is 34.8 Å². The zero-order valence-electron chi connectivity index (χ0n) is 25.0. The molecular formula is C32H42ClN3O7. The van der Waals surface area contributed by atoms with Gasteiger partial charge in [0.25, 0.3) is 5.91 Å². The average Bonchev–Trinajstić information content (AvgIpc) is 3.21. The number of rotatable bonds is 7. The second-order valence-corrected chi connectivity index (χ2v) is 13.2. The predicted molar refractivity (Wildman–Crippen MR) is 161 cm³/mol. The minimum Gasteiger partial charge on any atom is -0.510 e. The van der Waals surface area contributed by atoms with E-state index < -0.39 is 58.0 Å². The summed E-state index contributed by atoms with van der Waals surface area (Å²) in [6.07, 6.45) is 7.62. The molecule has 234 valence electrons. The highest BCUT2D eigenvalue weighted by Gasteiger charge is 2.63. The number of primary amides is 1. The van der Waals surface area contributed by atoms with E-state index in [1.165, 1.54) is 49.5 Å². The predicted octanol–water partition coefficient (Wildman–Crippen LogP) is 3.57. The molecule has 5 rings (SSSR count). The molecule has 0 aliphatic heterocycles. The molecular weight excluding hydrogens is 574 g/mol. The van der Waals surface area contributed by atoms with Crippen LogP contribution in [0.2, 0.25) is 5.02 Å². The number of allylic oxidation sites excluding steroid dienone is 1. The van der Waals surface area contributed by atoms with E-state index in [1.807, 2.05) is 0 Å². The summed E-state index contributed by atoms with van der Waals surface area (Å²) in [5.74, 6) is -6.14. The first-order valence-corrected chi connectivity index (χ1v) is 15.6. The summed E-state index contributed by atoms with van der Waals surface area (Å²) in [7, 11) is 3.20. The van der Waals surface area contributed by atoms with Crippen molar-refractivity contribution in [2.45, 2.75) is 76.5 Å². The fourth-order valence-corrected chi connectivity index (χ4v) is 8.21. The first kappa shape index (κ1) is 31.5. The van der Waals surface area contributed by atoms with Gasteiger partial charge in [0.2, 0.25) is 5.78 Å². The number of amides is 1. The summed E-state index contributed by atoms with van der Waals surface area (Å²) in [5, 5.41) is 45.6. The van der Waals surface area contributed by atoms with Crippen molar-refractivity contribution in [1.82, 2.24) is 9.80 Å². The summed E-state index contributed by atoms with van der Waals surface area (Å²) in [4.78, 5) is 43.3. The van der Waals surface area contributed by atoms with Gasteiger partial charge in [0.15, 0.2) is 11.4 Å². The lowest BCUT2D eigenvalue weighted by molar-refractivity contribution is -0.148. The zero-order chi connectivity index (χ0) is 31.4. The number of phenolic OH excluding ortho intramolecular Hbond substituents is 1. The normalized spacial score (nSPS) is 28.2. The van der Waals surface area contributed by atoms with Crippen molar-refractivity contribution < 1.29 is 34.8 Å². The summed E-state index contributed by atoms with van der Waals surface area (Å²) in [5.41, 5.74) is 2.80. The third kappa shape index (κ3) is 5.16. The highest BCUT2D eigenvalue weighted by Crippen LogP contribution is 2.53. The Balaban J connectivity index is 1.53. The van der Waals surface area contributed by atoms with Gasteiger partial charge in [-0.2, -0.15) is 0 Å². The maximum absolute atomic E-state index is 13.9. The first-order chi connectivity index (χ1) is 20.3. The van der Waals surface area contributed by atoms with E-state index in [0.717, 1.165) is 13.1 Å². The Morgan fingerprint density at radius 2 is 1.77 bits per heavy atom. The fourth-order valence-electron chi connectivity index (χ4n) is 7.93. The molecule has 0 saturated heterocycles. The van der Waals surface area contributed by atoms with Crippen molar-refractivity contribution in [2.24, 2.45) is 23.5 Å².